The fraction of sp³-hybridized carbons (Fsp3) is 0. The van der Waals surface area contributed by atoms with E-state index >= 15 is 0 Å². The first-order valence-corrected chi connectivity index (χ1v) is 11.5. The van der Waals surface area contributed by atoms with Gasteiger partial charge in [0.25, 0.3) is 0 Å². The van der Waals surface area contributed by atoms with Crippen molar-refractivity contribution in [3.05, 3.63) is 49.8 Å². The van der Waals surface area contributed by atoms with Crippen LogP contribution in [0.15, 0.2) is 54.8 Å². The van der Waals surface area contributed by atoms with E-state index in [9.17, 15) is 0 Å². The third-order valence-electron chi connectivity index (χ3n) is 1.27. The number of aromatic amines is 2. The predicted octanol–water partition coefficient (Wildman–Crippen LogP) is -1.05. The number of rotatable bonds is 0. The summed E-state index contributed by atoms with van der Waals surface area (Å²) in [6.45, 7) is 0. The quantitative estimate of drug-likeness (QED) is 0.450. The fourth-order valence-corrected chi connectivity index (χ4v) is 0.679. The van der Waals surface area contributed by atoms with Crippen LogP contribution < -0.4 is 17.7 Å². The second-order valence-electron chi connectivity index (χ2n) is 2.50. The Kier molecular flexibility index (Phi) is 20.3. The zero-order valence-corrected chi connectivity index (χ0v) is 14.7. The van der Waals surface area contributed by atoms with Gasteiger partial charge in [-0.2, -0.15) is 0 Å². The molecule has 115 valence electrons. The molecule has 3 rings (SSSR count). The van der Waals surface area contributed by atoms with Crippen LogP contribution in [-0.4, -0.2) is 26.3 Å². The second kappa shape index (κ2) is 18.6. The molecule has 0 spiro atoms. The molecule has 0 saturated carbocycles. The molecule has 0 radical (unpaired) electrons. The second-order valence-corrected chi connectivity index (χ2v) is 10.4. The maximum Gasteiger partial charge on any atom is 0.0919 e. The third-order valence-corrected chi connectivity index (χ3v) is 1.27. The minimum Gasteiger partial charge on any atom is -0.351 e. The van der Waals surface area contributed by atoms with E-state index in [1.807, 2.05) is 11.5 Å². The number of nitrogens with two attached hydrogens (primary N) is 1. The van der Waals surface area contributed by atoms with Gasteiger partial charge in [0, 0.05) is 24.8 Å². The Hall–Kier alpha value is -0.427. The van der Waals surface area contributed by atoms with Gasteiger partial charge in [-0.1, -0.05) is 0 Å². The van der Waals surface area contributed by atoms with E-state index in [4.69, 9.17) is 29.1 Å². The first-order chi connectivity index (χ1) is 9.23. The molecule has 3 heterocycles. The largest absolute Gasteiger partial charge is 0.351 e. The van der Waals surface area contributed by atoms with Crippen LogP contribution in [0.4, 0.5) is 0 Å². The molecule has 0 saturated heterocycles. The molecule has 4 N–H and O–H groups in total. The molecule has 11 heteroatoms. The van der Waals surface area contributed by atoms with Gasteiger partial charge < -0.3 is 22.4 Å². The van der Waals surface area contributed by atoms with Crippen molar-refractivity contribution < 1.29 is 30.7 Å². The van der Waals surface area contributed by atoms with Gasteiger partial charge in [-0.15, -0.1) is 0 Å². The number of halogens is 4. The number of nitrogens with zero attached hydrogens (tertiary/aromatic N) is 3. The van der Waals surface area contributed by atoms with E-state index < -0.39 is 13.0 Å². The van der Waals surface area contributed by atoms with Gasteiger partial charge in [-0.05, 0) is 0 Å². The monoisotopic (exact) mass is 447 g/mol. The van der Waals surface area contributed by atoms with Gasteiger partial charge in [0.2, 0.25) is 0 Å². The van der Waals surface area contributed by atoms with Crippen LogP contribution in [0.5, 0.6) is 0 Å². The number of aliphatic imine (C=N–C) groups is 1. The topological polar surface area (TPSA) is 86.3 Å². The van der Waals surface area contributed by atoms with Crippen molar-refractivity contribution in [2.24, 2.45) is 4.99 Å². The number of nitrogens with one attached hydrogen (secondary N) is 2. The molecule has 2 aromatic rings. The molecular weight excluding hydrogens is 435 g/mol. The van der Waals surface area contributed by atoms with Crippen LogP contribution in [-0.2, 0) is 13.0 Å². The number of hydrogen-bond acceptors (Lipinski definition) is 3. The summed E-state index contributed by atoms with van der Waals surface area (Å²) in [5.41, 5.74) is 0. The molecular formula is C9H13Cl4N6Ru. The van der Waals surface area contributed by atoms with Gasteiger partial charge in [0.1, 0.15) is 6.20 Å². The van der Waals surface area contributed by atoms with E-state index in [0.717, 1.165) is 0 Å². The Balaban J connectivity index is 0. The molecule has 0 aromatic carbocycles. The van der Waals surface area contributed by atoms with Crippen LogP contribution in [0.3, 0.4) is 0 Å². The number of quaternary nitrogens is 1. The minimum absolute atomic E-state index is 0. The summed E-state index contributed by atoms with van der Waals surface area (Å²) >= 11 is -1.75. The first kappa shape index (κ1) is 21.9. The summed E-state index contributed by atoms with van der Waals surface area (Å²) in [7, 11) is 14.8. The van der Waals surface area contributed by atoms with Crippen LogP contribution in [0.2, 0.25) is 0 Å². The van der Waals surface area contributed by atoms with E-state index in [1.165, 1.54) is 0 Å². The Morgan fingerprint density at radius 3 is 1.55 bits per heavy atom. The van der Waals surface area contributed by atoms with E-state index in [2.05, 4.69) is 24.9 Å². The maximum absolute atomic E-state index is 4.95. The van der Waals surface area contributed by atoms with Crippen LogP contribution in [0.25, 0.3) is 0 Å². The number of imidazole rings is 2. The van der Waals surface area contributed by atoms with Crippen molar-refractivity contribution in [2.75, 3.05) is 0 Å². The molecule has 0 atom stereocenters. The Morgan fingerprint density at radius 1 is 0.950 bits per heavy atom. The molecule has 1 aliphatic rings. The van der Waals surface area contributed by atoms with Crippen molar-refractivity contribution in [3.63, 3.8) is 0 Å². The SMILES string of the molecule is C1=C[NH2+]C=N1.[Cl-].[Cl][Ru]([Cl])[Cl].c1c[nH]cn1.c1c[nH]cn1. The zero-order valence-electron chi connectivity index (χ0n) is 9.98. The minimum atomic E-state index is -1.75. The fourth-order valence-electron chi connectivity index (χ4n) is 0.679. The normalized spacial score (nSPS) is 10.7. The van der Waals surface area contributed by atoms with Gasteiger partial charge in [-0.25, -0.2) is 15.0 Å². The van der Waals surface area contributed by atoms with Gasteiger partial charge in [-0.3, -0.25) is 5.32 Å². The van der Waals surface area contributed by atoms with Crippen molar-refractivity contribution >= 4 is 35.4 Å². The zero-order chi connectivity index (χ0) is 14.2. The summed E-state index contributed by atoms with van der Waals surface area (Å²) in [5, 5.41) is 1.89. The molecule has 0 fully saturated rings. The number of H-pyrrole nitrogens is 2. The summed E-state index contributed by atoms with van der Waals surface area (Å²) in [6.07, 6.45) is 15.6. The van der Waals surface area contributed by atoms with Crippen LogP contribution in [0, 0.1) is 0 Å². The van der Waals surface area contributed by atoms with Crippen LogP contribution in [0.1, 0.15) is 0 Å². The van der Waals surface area contributed by atoms with E-state index in [0.29, 0.717) is 0 Å². The maximum atomic E-state index is 4.95. The van der Waals surface area contributed by atoms with Gasteiger partial charge in [0.05, 0.1) is 18.9 Å². The Morgan fingerprint density at radius 2 is 1.45 bits per heavy atom. The summed E-state index contributed by atoms with van der Waals surface area (Å²) in [5.74, 6) is 0. The van der Waals surface area contributed by atoms with E-state index in [1.54, 1.807) is 50.0 Å². The molecule has 0 amide bonds. The molecule has 1 aliphatic heterocycles. The Labute approximate surface area is 140 Å². The summed E-state index contributed by atoms with van der Waals surface area (Å²) < 4.78 is 0. The summed E-state index contributed by atoms with van der Waals surface area (Å²) in [4.78, 5) is 16.6. The number of hydrogen-bond donors (Lipinski definition) is 3. The van der Waals surface area contributed by atoms with Gasteiger partial charge in [0.15, 0.2) is 6.34 Å². The Bertz CT molecular complexity index is 333. The molecule has 6 nitrogen and oxygen atoms in total. The smallest absolute Gasteiger partial charge is 0.0919 e. The standard InChI is InChI=1S/3C3H4N2.4ClH.Ru/c3*1-2-5-3-4-1;;;;;/h3*1-3H,(H,4,5);4*1H;/q;;;;;;;+3/p-3. The molecule has 0 bridgehead atoms. The predicted molar refractivity (Wildman–Crippen MR) is 74.3 cm³/mol. The number of aromatic nitrogens is 4. The molecule has 20 heavy (non-hydrogen) atoms. The van der Waals surface area contributed by atoms with Crippen LogP contribution >= 0.6 is 29.1 Å². The molecule has 0 unspecified atom stereocenters. The molecule has 0 aliphatic carbocycles. The van der Waals surface area contributed by atoms with Crippen molar-refractivity contribution in [3.8, 4) is 0 Å². The van der Waals surface area contributed by atoms with E-state index in [-0.39, 0.29) is 12.4 Å². The van der Waals surface area contributed by atoms with Gasteiger partial charge >= 0.3 is 42.1 Å². The van der Waals surface area contributed by atoms with Crippen molar-refractivity contribution in [1.82, 2.24) is 19.9 Å². The average Bonchev–Trinajstić information content (AvgIpc) is 3.18. The third kappa shape index (κ3) is 22.7. The summed E-state index contributed by atoms with van der Waals surface area (Å²) in [6, 6.07) is 0. The first-order valence-electron chi connectivity index (χ1n) is 4.77. The average molecular weight is 448 g/mol. The van der Waals surface area contributed by atoms with Crippen molar-refractivity contribution in [1.29, 1.82) is 0 Å². The molecule has 2 aromatic heterocycles. The van der Waals surface area contributed by atoms with Crippen molar-refractivity contribution in [2.45, 2.75) is 0 Å².